The molecule has 0 aliphatic carbocycles. The molecule has 0 unspecified atom stereocenters. The summed E-state index contributed by atoms with van der Waals surface area (Å²) in [7, 11) is -8.12. The molecule has 0 spiro atoms. The van der Waals surface area contributed by atoms with E-state index in [4.69, 9.17) is 5.26 Å². The molecule has 142 valence electrons. The summed E-state index contributed by atoms with van der Waals surface area (Å²) >= 11 is 0.696. The first kappa shape index (κ1) is 19.8. The molecule has 1 aromatic heterocycles. The fraction of sp³-hybridized carbons (Fsp3) is 0. The lowest BCUT2D eigenvalue weighted by atomic mass is 10.1. The number of rotatable bonds is 5. The van der Waals surface area contributed by atoms with Gasteiger partial charge in [0, 0.05) is 10.9 Å². The van der Waals surface area contributed by atoms with Crippen LogP contribution in [0.3, 0.4) is 0 Å². The number of nitriles is 1. The third-order valence-electron chi connectivity index (χ3n) is 3.68. The van der Waals surface area contributed by atoms with Gasteiger partial charge in [-0.1, -0.05) is 18.2 Å². The van der Waals surface area contributed by atoms with E-state index in [1.54, 1.807) is 18.2 Å². The molecule has 0 bridgehead atoms. The van der Waals surface area contributed by atoms with Crippen LogP contribution >= 0.6 is 11.3 Å². The van der Waals surface area contributed by atoms with Crippen LogP contribution < -0.4 is 4.72 Å². The van der Waals surface area contributed by atoms with Gasteiger partial charge >= 0.3 is 0 Å². The van der Waals surface area contributed by atoms with Crippen molar-refractivity contribution in [2.45, 2.75) is 14.0 Å². The minimum atomic E-state index is -4.26. The Morgan fingerprint density at radius 1 is 0.929 bits per heavy atom. The molecule has 3 aromatic rings. The molecular weight excluding hydrogens is 420 g/mol. The van der Waals surface area contributed by atoms with Crippen molar-refractivity contribution >= 4 is 37.1 Å². The minimum Gasteiger partial charge on any atom is -0.268 e. The summed E-state index contributed by atoms with van der Waals surface area (Å²) < 4.78 is 51.6. The second kappa shape index (κ2) is 7.55. The topological polar surface area (TPSA) is 121 Å². The van der Waals surface area contributed by atoms with Crippen molar-refractivity contribution in [3.63, 3.8) is 0 Å². The van der Waals surface area contributed by atoms with Gasteiger partial charge in [-0.2, -0.15) is 5.26 Å². The van der Waals surface area contributed by atoms with E-state index < -0.39 is 25.8 Å². The third kappa shape index (κ3) is 3.96. The SMILES string of the molecule is N#Cc1ccc(C(=O)NS(=O)(=O)c2cc(S(=O)(=O)c3ccccc3)cs2)cc1. The van der Waals surface area contributed by atoms with Crippen LogP contribution in [0.4, 0.5) is 0 Å². The molecule has 0 fully saturated rings. The second-order valence-electron chi connectivity index (χ2n) is 5.54. The van der Waals surface area contributed by atoms with Gasteiger partial charge in [-0.15, -0.1) is 11.3 Å². The zero-order valence-corrected chi connectivity index (χ0v) is 16.5. The Labute approximate surface area is 165 Å². The number of hydrogen-bond acceptors (Lipinski definition) is 7. The van der Waals surface area contributed by atoms with Crippen molar-refractivity contribution in [3.05, 3.63) is 77.2 Å². The first-order chi connectivity index (χ1) is 13.2. The van der Waals surface area contributed by atoms with E-state index in [-0.39, 0.29) is 19.6 Å². The predicted molar refractivity (Wildman–Crippen MR) is 102 cm³/mol. The highest BCUT2D eigenvalue weighted by atomic mass is 32.2. The quantitative estimate of drug-likeness (QED) is 0.661. The minimum absolute atomic E-state index is 0.0402. The maximum atomic E-state index is 12.6. The Bertz CT molecular complexity index is 1270. The summed E-state index contributed by atoms with van der Waals surface area (Å²) in [5.74, 6) is -0.884. The summed E-state index contributed by atoms with van der Waals surface area (Å²) in [5.41, 5.74) is 0.379. The molecule has 1 N–H and O–H groups in total. The second-order valence-corrected chi connectivity index (χ2v) is 10.3. The monoisotopic (exact) mass is 432 g/mol. The average Bonchev–Trinajstić information content (AvgIpc) is 3.20. The van der Waals surface area contributed by atoms with Gasteiger partial charge in [0.15, 0.2) is 0 Å². The van der Waals surface area contributed by atoms with Crippen molar-refractivity contribution in [2.75, 3.05) is 0 Å². The Kier molecular flexibility index (Phi) is 5.33. The highest BCUT2D eigenvalue weighted by Crippen LogP contribution is 2.28. The fourth-order valence-electron chi connectivity index (χ4n) is 2.25. The molecule has 7 nitrogen and oxygen atoms in total. The Morgan fingerprint density at radius 2 is 1.57 bits per heavy atom. The highest BCUT2D eigenvalue weighted by Gasteiger charge is 2.25. The van der Waals surface area contributed by atoms with Crippen LogP contribution in [0.1, 0.15) is 15.9 Å². The number of thiophene rings is 1. The summed E-state index contributed by atoms with van der Waals surface area (Å²) in [6, 6.07) is 15.9. The highest BCUT2D eigenvalue weighted by molar-refractivity contribution is 7.93. The van der Waals surface area contributed by atoms with Crippen molar-refractivity contribution in [2.24, 2.45) is 0 Å². The number of carbonyl (C=O) groups excluding carboxylic acids is 1. The van der Waals surface area contributed by atoms with Gasteiger partial charge in [-0.3, -0.25) is 4.79 Å². The summed E-state index contributed by atoms with van der Waals surface area (Å²) in [5, 5.41) is 9.97. The van der Waals surface area contributed by atoms with Gasteiger partial charge in [0.1, 0.15) is 4.21 Å². The molecule has 2 aromatic carbocycles. The molecule has 0 atom stereocenters. The Morgan fingerprint density at radius 3 is 2.18 bits per heavy atom. The number of nitrogens with one attached hydrogen (secondary N) is 1. The van der Waals surface area contributed by atoms with Crippen molar-refractivity contribution in [1.29, 1.82) is 5.26 Å². The number of sulfone groups is 1. The standard InChI is InChI=1S/C18H12N2O5S3/c19-11-13-6-8-14(9-7-13)18(21)20-28(24,25)17-10-16(12-26-17)27(22,23)15-4-2-1-3-5-15/h1-10,12H,(H,20,21). The Hall–Kier alpha value is -3.00. The maximum Gasteiger partial charge on any atom is 0.273 e. The van der Waals surface area contributed by atoms with E-state index >= 15 is 0 Å². The maximum absolute atomic E-state index is 12.6. The van der Waals surface area contributed by atoms with Crippen LogP contribution in [0.2, 0.25) is 0 Å². The van der Waals surface area contributed by atoms with Crippen LogP contribution in [-0.2, 0) is 19.9 Å². The Balaban J connectivity index is 1.85. The summed E-state index contributed by atoms with van der Waals surface area (Å²) in [6.45, 7) is 0. The lowest BCUT2D eigenvalue weighted by Gasteiger charge is -2.05. The van der Waals surface area contributed by atoms with E-state index in [2.05, 4.69) is 0 Å². The predicted octanol–water partition coefficient (Wildman–Crippen LogP) is 2.57. The largest absolute Gasteiger partial charge is 0.273 e. The summed E-state index contributed by atoms with van der Waals surface area (Å²) in [6.07, 6.45) is 0. The van der Waals surface area contributed by atoms with E-state index in [0.717, 1.165) is 6.07 Å². The van der Waals surface area contributed by atoms with Crippen molar-refractivity contribution < 1.29 is 21.6 Å². The lowest BCUT2D eigenvalue weighted by molar-refractivity contribution is 0.0981. The van der Waals surface area contributed by atoms with Crippen molar-refractivity contribution in [1.82, 2.24) is 4.72 Å². The zero-order valence-electron chi connectivity index (χ0n) is 14.1. The van der Waals surface area contributed by atoms with Gasteiger partial charge in [0.2, 0.25) is 9.84 Å². The van der Waals surface area contributed by atoms with Crippen LogP contribution in [0.15, 0.2) is 80.0 Å². The first-order valence-electron chi connectivity index (χ1n) is 7.70. The van der Waals surface area contributed by atoms with Gasteiger partial charge in [0.25, 0.3) is 15.9 Å². The number of benzene rings is 2. The lowest BCUT2D eigenvalue weighted by Crippen LogP contribution is -2.30. The van der Waals surface area contributed by atoms with E-state index in [0.29, 0.717) is 16.9 Å². The molecule has 10 heteroatoms. The molecular formula is C18H12N2O5S3. The smallest absolute Gasteiger partial charge is 0.268 e. The van der Waals surface area contributed by atoms with Gasteiger partial charge in [-0.05, 0) is 42.5 Å². The molecule has 3 rings (SSSR count). The number of sulfonamides is 1. The van der Waals surface area contributed by atoms with Crippen molar-refractivity contribution in [3.8, 4) is 6.07 Å². The molecule has 1 heterocycles. The molecule has 0 radical (unpaired) electrons. The normalized spacial score (nSPS) is 11.5. The number of amides is 1. The van der Waals surface area contributed by atoms with Crippen LogP contribution in [-0.4, -0.2) is 22.7 Å². The van der Waals surface area contributed by atoms with Gasteiger partial charge < -0.3 is 0 Å². The van der Waals surface area contributed by atoms with Crippen LogP contribution in [0, 0.1) is 11.3 Å². The van der Waals surface area contributed by atoms with Crippen LogP contribution in [0.25, 0.3) is 0 Å². The van der Waals surface area contributed by atoms with E-state index in [9.17, 15) is 21.6 Å². The molecule has 0 saturated carbocycles. The summed E-state index contributed by atoms with van der Waals surface area (Å²) in [4.78, 5) is 12.0. The molecule has 0 saturated heterocycles. The van der Waals surface area contributed by atoms with E-state index in [1.165, 1.54) is 41.8 Å². The zero-order chi connectivity index (χ0) is 20.4. The van der Waals surface area contributed by atoms with Gasteiger partial charge in [-0.25, -0.2) is 21.6 Å². The molecule has 0 aliphatic rings. The van der Waals surface area contributed by atoms with E-state index in [1.807, 2.05) is 10.8 Å². The first-order valence-corrected chi connectivity index (χ1v) is 11.5. The number of hydrogen-bond donors (Lipinski definition) is 1. The number of nitrogens with zero attached hydrogens (tertiary/aromatic N) is 1. The van der Waals surface area contributed by atoms with Gasteiger partial charge in [0.05, 0.1) is 21.4 Å². The third-order valence-corrected chi connectivity index (χ3v) is 8.35. The average molecular weight is 433 g/mol. The van der Waals surface area contributed by atoms with Crippen LogP contribution in [0.5, 0.6) is 0 Å². The molecule has 28 heavy (non-hydrogen) atoms. The number of carbonyl (C=O) groups is 1. The fourth-order valence-corrected chi connectivity index (χ4v) is 6.12. The molecule has 0 aliphatic heterocycles. The molecule has 1 amide bonds.